The van der Waals surface area contributed by atoms with Crippen LogP contribution in [0.5, 0.6) is 5.75 Å². The lowest BCUT2D eigenvalue weighted by Crippen LogP contribution is -1.84. The minimum atomic E-state index is 0.232. The van der Waals surface area contributed by atoms with Crippen molar-refractivity contribution in [1.82, 2.24) is 9.72 Å². The molecule has 1 aromatic carbocycles. The van der Waals surface area contributed by atoms with Gasteiger partial charge in [0, 0.05) is 30.3 Å². The monoisotopic (exact) mass is 229 g/mol. The first-order chi connectivity index (χ1) is 8.16. The number of hydrogen-bond donors (Lipinski definition) is 2. The number of hydrogen-bond acceptors (Lipinski definition) is 4. The summed E-state index contributed by atoms with van der Waals surface area (Å²) < 4.78 is 7.06. The quantitative estimate of drug-likeness (QED) is 0.670. The molecule has 0 atom stereocenters. The number of rotatable bonds is 1. The van der Waals surface area contributed by atoms with Gasteiger partial charge in [-0.2, -0.15) is 0 Å². The standard InChI is InChI=1S/C12H11N3O2/c1-15-6-9(12-10(13)5-14-17-12)8-3-2-7(16)4-11(8)15/h2-6,16H,13H2,1H3. The van der Waals surface area contributed by atoms with Crippen LogP contribution in [0.4, 0.5) is 5.69 Å². The van der Waals surface area contributed by atoms with Crippen molar-refractivity contribution in [3.05, 3.63) is 30.6 Å². The van der Waals surface area contributed by atoms with Gasteiger partial charge in [-0.05, 0) is 12.1 Å². The third-order valence-electron chi connectivity index (χ3n) is 2.82. The van der Waals surface area contributed by atoms with Crippen LogP contribution in [0, 0.1) is 0 Å². The predicted molar refractivity (Wildman–Crippen MR) is 64.5 cm³/mol. The number of aromatic nitrogens is 2. The van der Waals surface area contributed by atoms with Gasteiger partial charge in [0.1, 0.15) is 11.4 Å². The molecular formula is C12H11N3O2. The fraction of sp³-hybridized carbons (Fsp3) is 0.0833. The van der Waals surface area contributed by atoms with Crippen molar-refractivity contribution in [3.63, 3.8) is 0 Å². The zero-order valence-corrected chi connectivity index (χ0v) is 9.21. The summed E-state index contributed by atoms with van der Waals surface area (Å²) in [4.78, 5) is 0. The first-order valence-electron chi connectivity index (χ1n) is 5.15. The fourth-order valence-electron chi connectivity index (χ4n) is 2.01. The van der Waals surface area contributed by atoms with E-state index in [0.717, 1.165) is 16.5 Å². The summed E-state index contributed by atoms with van der Waals surface area (Å²) >= 11 is 0. The number of nitrogen functional groups attached to an aromatic ring is 1. The predicted octanol–water partition coefficient (Wildman–Crippen LogP) is 2.12. The summed E-state index contributed by atoms with van der Waals surface area (Å²) in [6.45, 7) is 0. The Morgan fingerprint density at radius 1 is 1.41 bits per heavy atom. The van der Waals surface area contributed by atoms with Crippen LogP contribution >= 0.6 is 0 Å². The Balaban J connectivity index is 2.35. The Kier molecular flexibility index (Phi) is 1.89. The van der Waals surface area contributed by atoms with Crippen LogP contribution in [-0.2, 0) is 7.05 Å². The van der Waals surface area contributed by atoms with E-state index in [1.165, 1.54) is 6.20 Å². The first kappa shape index (κ1) is 9.77. The number of benzene rings is 1. The van der Waals surface area contributed by atoms with Crippen LogP contribution in [0.3, 0.4) is 0 Å². The molecule has 86 valence electrons. The van der Waals surface area contributed by atoms with Crippen molar-refractivity contribution in [3.8, 4) is 17.1 Å². The average molecular weight is 229 g/mol. The number of aromatic hydroxyl groups is 1. The number of phenolic OH excluding ortho intramolecular Hbond substituents is 1. The topological polar surface area (TPSA) is 77.2 Å². The molecule has 0 fully saturated rings. The average Bonchev–Trinajstić information content (AvgIpc) is 2.84. The zero-order valence-electron chi connectivity index (χ0n) is 9.21. The highest BCUT2D eigenvalue weighted by Gasteiger charge is 2.15. The lowest BCUT2D eigenvalue weighted by atomic mass is 10.1. The molecule has 0 saturated heterocycles. The molecule has 0 aliphatic carbocycles. The van der Waals surface area contributed by atoms with Crippen LogP contribution in [0.1, 0.15) is 0 Å². The second-order valence-corrected chi connectivity index (χ2v) is 3.97. The maximum atomic E-state index is 9.48. The second-order valence-electron chi connectivity index (χ2n) is 3.97. The highest BCUT2D eigenvalue weighted by Crippen LogP contribution is 2.34. The van der Waals surface area contributed by atoms with Crippen LogP contribution in [0.15, 0.2) is 35.1 Å². The van der Waals surface area contributed by atoms with Gasteiger partial charge < -0.3 is 19.9 Å². The molecule has 3 rings (SSSR count). The lowest BCUT2D eigenvalue weighted by Gasteiger charge is -1.97. The maximum absolute atomic E-state index is 9.48. The van der Waals surface area contributed by atoms with Gasteiger partial charge in [-0.25, -0.2) is 0 Å². The lowest BCUT2D eigenvalue weighted by molar-refractivity contribution is 0.433. The Morgan fingerprint density at radius 2 is 2.24 bits per heavy atom. The summed E-state index contributed by atoms with van der Waals surface area (Å²) in [5.74, 6) is 0.789. The maximum Gasteiger partial charge on any atom is 0.191 e. The molecule has 3 aromatic rings. The van der Waals surface area contributed by atoms with Crippen LogP contribution in [-0.4, -0.2) is 14.8 Å². The van der Waals surface area contributed by atoms with E-state index in [1.54, 1.807) is 12.1 Å². The van der Waals surface area contributed by atoms with E-state index in [4.69, 9.17) is 10.3 Å². The molecule has 2 heterocycles. The normalized spacial score (nSPS) is 11.1. The number of nitrogens with two attached hydrogens (primary N) is 1. The van der Waals surface area contributed by atoms with Gasteiger partial charge in [0.25, 0.3) is 0 Å². The highest BCUT2D eigenvalue weighted by molar-refractivity contribution is 5.97. The molecular weight excluding hydrogens is 218 g/mol. The van der Waals surface area contributed by atoms with Crippen molar-refractivity contribution in [2.45, 2.75) is 0 Å². The third-order valence-corrected chi connectivity index (χ3v) is 2.82. The van der Waals surface area contributed by atoms with Gasteiger partial charge in [0.05, 0.1) is 11.7 Å². The molecule has 0 saturated carbocycles. The van der Waals surface area contributed by atoms with E-state index < -0.39 is 0 Å². The molecule has 0 spiro atoms. The molecule has 0 unspecified atom stereocenters. The molecule has 2 aromatic heterocycles. The highest BCUT2D eigenvalue weighted by atomic mass is 16.5. The molecule has 0 aliphatic heterocycles. The molecule has 0 amide bonds. The third kappa shape index (κ3) is 1.36. The largest absolute Gasteiger partial charge is 0.508 e. The summed E-state index contributed by atoms with van der Waals surface area (Å²) in [5.41, 5.74) is 8.08. The van der Waals surface area contributed by atoms with E-state index in [0.29, 0.717) is 11.4 Å². The van der Waals surface area contributed by atoms with E-state index in [2.05, 4.69) is 5.16 Å². The zero-order chi connectivity index (χ0) is 12.0. The number of anilines is 1. The summed E-state index contributed by atoms with van der Waals surface area (Å²) in [6, 6.07) is 5.17. The summed E-state index contributed by atoms with van der Waals surface area (Å²) in [5, 5.41) is 14.1. The van der Waals surface area contributed by atoms with E-state index in [1.807, 2.05) is 23.9 Å². The van der Waals surface area contributed by atoms with Crippen molar-refractivity contribution < 1.29 is 9.63 Å². The number of fused-ring (bicyclic) bond motifs is 1. The Bertz CT molecular complexity index is 697. The van der Waals surface area contributed by atoms with Crippen LogP contribution in [0.25, 0.3) is 22.2 Å². The van der Waals surface area contributed by atoms with Gasteiger partial charge in [-0.1, -0.05) is 5.16 Å². The van der Waals surface area contributed by atoms with Gasteiger partial charge in [-0.3, -0.25) is 0 Å². The van der Waals surface area contributed by atoms with Gasteiger partial charge in [0.2, 0.25) is 0 Å². The minimum Gasteiger partial charge on any atom is -0.508 e. The molecule has 3 N–H and O–H groups in total. The smallest absolute Gasteiger partial charge is 0.191 e. The van der Waals surface area contributed by atoms with Crippen LogP contribution in [0.2, 0.25) is 0 Å². The van der Waals surface area contributed by atoms with E-state index >= 15 is 0 Å². The Labute approximate surface area is 97.1 Å². The molecule has 0 bridgehead atoms. The van der Waals surface area contributed by atoms with Gasteiger partial charge in [-0.15, -0.1) is 0 Å². The number of phenols is 1. The molecule has 0 aliphatic rings. The molecule has 5 heteroatoms. The summed E-state index contributed by atoms with van der Waals surface area (Å²) in [6.07, 6.45) is 3.38. The molecule has 0 radical (unpaired) electrons. The SMILES string of the molecule is Cn1cc(-c2oncc2N)c2ccc(O)cc21. The molecule has 5 nitrogen and oxygen atoms in total. The molecule has 17 heavy (non-hydrogen) atoms. The van der Waals surface area contributed by atoms with Crippen molar-refractivity contribution in [2.75, 3.05) is 5.73 Å². The minimum absolute atomic E-state index is 0.232. The van der Waals surface area contributed by atoms with E-state index in [-0.39, 0.29) is 5.75 Å². The van der Waals surface area contributed by atoms with Crippen molar-refractivity contribution >= 4 is 16.6 Å². The summed E-state index contributed by atoms with van der Waals surface area (Å²) in [7, 11) is 1.90. The Hall–Kier alpha value is -2.43. The number of aryl methyl sites for hydroxylation is 1. The second kappa shape index (κ2) is 3.28. The van der Waals surface area contributed by atoms with Gasteiger partial charge >= 0.3 is 0 Å². The van der Waals surface area contributed by atoms with Crippen LogP contribution < -0.4 is 5.73 Å². The van der Waals surface area contributed by atoms with Crippen molar-refractivity contribution in [2.24, 2.45) is 7.05 Å². The van der Waals surface area contributed by atoms with E-state index in [9.17, 15) is 5.11 Å². The van der Waals surface area contributed by atoms with Gasteiger partial charge in [0.15, 0.2) is 5.76 Å². The van der Waals surface area contributed by atoms with Crippen molar-refractivity contribution in [1.29, 1.82) is 0 Å². The number of nitrogens with zero attached hydrogens (tertiary/aromatic N) is 2. The Morgan fingerprint density at radius 3 is 2.94 bits per heavy atom. The fourth-order valence-corrected chi connectivity index (χ4v) is 2.01. The first-order valence-corrected chi connectivity index (χ1v) is 5.15.